The number of aliphatic imine (C=N–C) groups is 1. The standard InChI is InChI=1S/C18H22N2S2/c1-4-21-18(20-17-6-5-11-19-12-17)22-13-15-7-9-16(10-8-15)14(2)3/h5-12,14H,4,13H2,1-3H3. The van der Waals surface area contributed by atoms with Gasteiger partial charge in [0.15, 0.2) is 0 Å². The third-order valence-electron chi connectivity index (χ3n) is 3.14. The fraction of sp³-hybridized carbons (Fsp3) is 0.333. The Labute approximate surface area is 141 Å². The quantitative estimate of drug-likeness (QED) is 0.505. The predicted molar refractivity (Wildman–Crippen MR) is 101 cm³/mol. The SMILES string of the molecule is CCSC(=Nc1cccnc1)SCc1ccc(C(C)C)cc1. The second-order valence-corrected chi connectivity index (χ2v) is 7.68. The molecule has 2 nitrogen and oxygen atoms in total. The fourth-order valence-corrected chi connectivity index (χ4v) is 3.83. The Morgan fingerprint density at radius 3 is 2.50 bits per heavy atom. The van der Waals surface area contributed by atoms with Gasteiger partial charge in [0.05, 0.1) is 11.9 Å². The van der Waals surface area contributed by atoms with E-state index in [2.05, 4.69) is 55.0 Å². The van der Waals surface area contributed by atoms with Crippen LogP contribution in [0.3, 0.4) is 0 Å². The minimum atomic E-state index is 0.583. The minimum Gasteiger partial charge on any atom is -0.262 e. The molecule has 0 aliphatic carbocycles. The molecule has 0 unspecified atom stereocenters. The van der Waals surface area contributed by atoms with E-state index < -0.39 is 0 Å². The van der Waals surface area contributed by atoms with Gasteiger partial charge in [-0.2, -0.15) is 0 Å². The highest BCUT2D eigenvalue weighted by Gasteiger charge is 2.04. The topological polar surface area (TPSA) is 25.2 Å². The van der Waals surface area contributed by atoms with E-state index in [0.29, 0.717) is 5.92 Å². The van der Waals surface area contributed by atoms with Gasteiger partial charge in [-0.3, -0.25) is 4.98 Å². The second-order valence-electron chi connectivity index (χ2n) is 5.21. The largest absolute Gasteiger partial charge is 0.262 e. The lowest BCUT2D eigenvalue weighted by Crippen LogP contribution is -1.91. The van der Waals surface area contributed by atoms with E-state index in [4.69, 9.17) is 0 Å². The first-order valence-corrected chi connectivity index (χ1v) is 9.49. The molecule has 0 bridgehead atoms. The Kier molecular flexibility index (Phi) is 7.00. The van der Waals surface area contributed by atoms with E-state index in [9.17, 15) is 0 Å². The molecule has 1 heterocycles. The molecule has 2 aromatic rings. The summed E-state index contributed by atoms with van der Waals surface area (Å²) in [5.74, 6) is 2.56. The average molecular weight is 331 g/mol. The van der Waals surface area contributed by atoms with E-state index in [1.165, 1.54) is 11.1 Å². The highest BCUT2D eigenvalue weighted by atomic mass is 32.2. The van der Waals surface area contributed by atoms with Crippen LogP contribution in [0.25, 0.3) is 0 Å². The van der Waals surface area contributed by atoms with Gasteiger partial charge >= 0.3 is 0 Å². The summed E-state index contributed by atoms with van der Waals surface area (Å²) in [5.41, 5.74) is 3.65. The van der Waals surface area contributed by atoms with Crippen molar-refractivity contribution in [2.75, 3.05) is 5.75 Å². The molecule has 1 aromatic heterocycles. The molecular weight excluding hydrogens is 308 g/mol. The minimum absolute atomic E-state index is 0.583. The van der Waals surface area contributed by atoms with Crippen molar-refractivity contribution < 1.29 is 0 Å². The molecule has 0 aliphatic heterocycles. The van der Waals surface area contributed by atoms with Crippen LogP contribution >= 0.6 is 23.5 Å². The molecule has 2 rings (SSSR count). The van der Waals surface area contributed by atoms with Crippen molar-refractivity contribution in [2.24, 2.45) is 4.99 Å². The van der Waals surface area contributed by atoms with Crippen LogP contribution in [0.1, 0.15) is 37.8 Å². The van der Waals surface area contributed by atoms with Crippen LogP contribution < -0.4 is 0 Å². The van der Waals surface area contributed by atoms with E-state index in [0.717, 1.165) is 21.6 Å². The molecular formula is C18H22N2S2. The number of nitrogens with zero attached hydrogens (tertiary/aromatic N) is 2. The summed E-state index contributed by atoms with van der Waals surface area (Å²) in [4.78, 5) is 8.81. The number of thioether (sulfide) groups is 2. The second kappa shape index (κ2) is 9.01. The van der Waals surface area contributed by atoms with Crippen LogP contribution in [0.2, 0.25) is 0 Å². The van der Waals surface area contributed by atoms with Gasteiger partial charge in [-0.1, -0.05) is 68.6 Å². The Hall–Kier alpha value is -1.26. The molecule has 0 saturated carbocycles. The molecule has 0 radical (unpaired) electrons. The summed E-state index contributed by atoms with van der Waals surface area (Å²) in [6.07, 6.45) is 3.57. The Balaban J connectivity index is 2.01. The molecule has 1 aromatic carbocycles. The lowest BCUT2D eigenvalue weighted by atomic mass is 10.0. The van der Waals surface area contributed by atoms with Crippen molar-refractivity contribution in [3.63, 3.8) is 0 Å². The molecule has 0 spiro atoms. The molecule has 4 heteroatoms. The molecule has 0 amide bonds. The van der Waals surface area contributed by atoms with E-state index >= 15 is 0 Å². The zero-order valence-corrected chi connectivity index (χ0v) is 15.0. The monoisotopic (exact) mass is 330 g/mol. The fourth-order valence-electron chi connectivity index (χ4n) is 1.90. The third-order valence-corrected chi connectivity index (χ3v) is 5.29. The van der Waals surface area contributed by atoms with Gasteiger partial charge in [-0.15, -0.1) is 0 Å². The first-order valence-electron chi connectivity index (χ1n) is 7.52. The van der Waals surface area contributed by atoms with Crippen molar-refractivity contribution in [3.8, 4) is 0 Å². The number of rotatable bonds is 5. The van der Waals surface area contributed by atoms with Crippen molar-refractivity contribution in [1.82, 2.24) is 4.98 Å². The third kappa shape index (κ3) is 5.50. The van der Waals surface area contributed by atoms with Crippen LogP contribution in [0.5, 0.6) is 0 Å². The lowest BCUT2D eigenvalue weighted by molar-refractivity contribution is 0.866. The molecule has 116 valence electrons. The average Bonchev–Trinajstić information content (AvgIpc) is 2.54. The van der Waals surface area contributed by atoms with Gasteiger partial charge in [-0.25, -0.2) is 4.99 Å². The van der Waals surface area contributed by atoms with Crippen molar-refractivity contribution in [1.29, 1.82) is 0 Å². The molecule has 0 saturated heterocycles. The summed E-state index contributed by atoms with van der Waals surface area (Å²) >= 11 is 3.58. The number of hydrogen-bond acceptors (Lipinski definition) is 4. The predicted octanol–water partition coefficient (Wildman–Crippen LogP) is 5.88. The molecule has 0 aliphatic rings. The number of hydrogen-bond donors (Lipinski definition) is 0. The maximum atomic E-state index is 4.69. The zero-order valence-electron chi connectivity index (χ0n) is 13.3. The highest BCUT2D eigenvalue weighted by molar-refractivity contribution is 8.38. The summed E-state index contributed by atoms with van der Waals surface area (Å²) in [6.45, 7) is 6.60. The number of benzene rings is 1. The molecule has 22 heavy (non-hydrogen) atoms. The van der Waals surface area contributed by atoms with E-state index in [1.807, 2.05) is 12.1 Å². The van der Waals surface area contributed by atoms with Gasteiger partial charge in [-0.05, 0) is 34.9 Å². The van der Waals surface area contributed by atoms with Crippen LogP contribution in [0, 0.1) is 0 Å². The van der Waals surface area contributed by atoms with Crippen molar-refractivity contribution in [2.45, 2.75) is 32.4 Å². The Bertz CT molecular complexity index is 592. The summed E-state index contributed by atoms with van der Waals surface area (Å²) in [5, 5.41) is 0. The zero-order chi connectivity index (χ0) is 15.8. The lowest BCUT2D eigenvalue weighted by Gasteiger charge is -2.08. The molecule has 0 atom stereocenters. The summed E-state index contributed by atoms with van der Waals surface area (Å²) in [6, 6.07) is 12.8. The molecule has 0 N–H and O–H groups in total. The maximum Gasteiger partial charge on any atom is 0.130 e. The summed E-state index contributed by atoms with van der Waals surface area (Å²) < 4.78 is 1.10. The molecule has 0 fully saturated rings. The van der Waals surface area contributed by atoms with Crippen molar-refractivity contribution >= 4 is 33.6 Å². The Morgan fingerprint density at radius 2 is 1.91 bits per heavy atom. The van der Waals surface area contributed by atoms with Gasteiger partial charge in [0.1, 0.15) is 4.38 Å². The van der Waals surface area contributed by atoms with Crippen LogP contribution in [-0.2, 0) is 5.75 Å². The first-order chi connectivity index (χ1) is 10.7. The normalized spacial score (nSPS) is 11.9. The Morgan fingerprint density at radius 1 is 1.14 bits per heavy atom. The van der Waals surface area contributed by atoms with Crippen LogP contribution in [0.15, 0.2) is 53.8 Å². The smallest absolute Gasteiger partial charge is 0.130 e. The van der Waals surface area contributed by atoms with Gasteiger partial charge in [0.2, 0.25) is 0 Å². The maximum absolute atomic E-state index is 4.69. The van der Waals surface area contributed by atoms with Gasteiger partial charge < -0.3 is 0 Å². The van der Waals surface area contributed by atoms with Gasteiger partial charge in [0.25, 0.3) is 0 Å². The van der Waals surface area contributed by atoms with Crippen LogP contribution in [-0.4, -0.2) is 15.1 Å². The van der Waals surface area contributed by atoms with Gasteiger partial charge in [0, 0.05) is 11.9 Å². The number of pyridine rings is 1. The first kappa shape index (κ1) is 17.1. The van der Waals surface area contributed by atoms with E-state index in [-0.39, 0.29) is 0 Å². The number of aromatic nitrogens is 1. The highest BCUT2D eigenvalue weighted by Crippen LogP contribution is 2.25. The van der Waals surface area contributed by atoms with Crippen LogP contribution in [0.4, 0.5) is 5.69 Å². The van der Waals surface area contributed by atoms with E-state index in [1.54, 1.807) is 35.9 Å². The summed E-state index contributed by atoms with van der Waals surface area (Å²) in [7, 11) is 0. The van der Waals surface area contributed by atoms with Crippen molar-refractivity contribution in [3.05, 3.63) is 59.9 Å².